The molecule has 1 saturated heterocycles. The molecule has 2 N–H and O–H groups in total. The number of rotatable bonds is 5. The largest absolute Gasteiger partial charge is 0.389 e. The van der Waals surface area contributed by atoms with Gasteiger partial charge in [-0.15, -0.1) is 0 Å². The number of alkyl halides is 4. The number of hydrogen-bond acceptors (Lipinski definition) is 4. The van der Waals surface area contributed by atoms with Crippen molar-refractivity contribution in [3.05, 3.63) is 24.3 Å². The van der Waals surface area contributed by atoms with Crippen molar-refractivity contribution < 1.29 is 22.7 Å². The summed E-state index contributed by atoms with van der Waals surface area (Å²) < 4.78 is 53.8. The number of aromatic amines is 1. The van der Waals surface area contributed by atoms with E-state index in [1.807, 2.05) is 6.07 Å². The predicted molar refractivity (Wildman–Crippen MR) is 95.7 cm³/mol. The van der Waals surface area contributed by atoms with Crippen molar-refractivity contribution in [2.24, 2.45) is 0 Å². The molecule has 0 spiro atoms. The van der Waals surface area contributed by atoms with Crippen LogP contribution in [0.4, 0.5) is 17.6 Å². The minimum Gasteiger partial charge on any atom is -0.385 e. The molecular formula is C18H21F4N5O. The number of aliphatic hydroxyl groups excluding tert-OH is 1. The van der Waals surface area contributed by atoms with E-state index in [2.05, 4.69) is 15.0 Å². The van der Waals surface area contributed by atoms with Gasteiger partial charge in [0.25, 0.3) is 0 Å². The third-order valence-electron chi connectivity index (χ3n) is 5.20. The van der Waals surface area contributed by atoms with Gasteiger partial charge in [-0.2, -0.15) is 13.2 Å². The zero-order valence-corrected chi connectivity index (χ0v) is 15.2. The van der Waals surface area contributed by atoms with Gasteiger partial charge in [0.05, 0.1) is 17.8 Å². The minimum absolute atomic E-state index is 0.0583. The zero-order valence-electron chi connectivity index (χ0n) is 15.2. The van der Waals surface area contributed by atoms with Crippen molar-refractivity contribution in [1.29, 1.82) is 0 Å². The second-order valence-electron chi connectivity index (χ2n) is 7.31. The summed E-state index contributed by atoms with van der Waals surface area (Å²) in [5.74, 6) is 0.329. The van der Waals surface area contributed by atoms with E-state index in [1.165, 1.54) is 0 Å². The first kappa shape index (κ1) is 19.1. The third-order valence-corrected chi connectivity index (χ3v) is 5.20. The summed E-state index contributed by atoms with van der Waals surface area (Å²) in [4.78, 5) is 13.4. The first-order valence-electron chi connectivity index (χ1n) is 9.20. The van der Waals surface area contributed by atoms with Crippen molar-refractivity contribution in [3.8, 4) is 0 Å². The Morgan fingerprint density at radius 1 is 1.36 bits per heavy atom. The molecule has 0 bridgehead atoms. The lowest BCUT2D eigenvalue weighted by atomic mass is 10.2. The number of pyridine rings is 1. The first-order valence-corrected chi connectivity index (χ1v) is 9.20. The molecule has 0 saturated carbocycles. The van der Waals surface area contributed by atoms with Gasteiger partial charge < -0.3 is 14.7 Å². The minimum atomic E-state index is -4.21. The van der Waals surface area contributed by atoms with Gasteiger partial charge in [-0.1, -0.05) is 0 Å². The van der Waals surface area contributed by atoms with E-state index in [0.717, 1.165) is 5.39 Å². The van der Waals surface area contributed by atoms with Crippen LogP contribution in [0.5, 0.6) is 0 Å². The molecule has 3 atom stereocenters. The van der Waals surface area contributed by atoms with E-state index in [1.54, 1.807) is 28.8 Å². The van der Waals surface area contributed by atoms with Crippen molar-refractivity contribution in [3.63, 3.8) is 0 Å². The van der Waals surface area contributed by atoms with Crippen LogP contribution in [0.15, 0.2) is 18.5 Å². The van der Waals surface area contributed by atoms with Gasteiger partial charge in [0.1, 0.15) is 29.3 Å². The van der Waals surface area contributed by atoms with Crippen LogP contribution in [0.1, 0.15) is 37.7 Å². The topological polar surface area (TPSA) is 70.0 Å². The van der Waals surface area contributed by atoms with Gasteiger partial charge in [0, 0.05) is 31.1 Å². The number of hydrogen-bond donors (Lipinski definition) is 2. The lowest BCUT2D eigenvalue weighted by Crippen LogP contribution is -2.24. The molecule has 3 aromatic heterocycles. The highest BCUT2D eigenvalue weighted by Crippen LogP contribution is 2.35. The monoisotopic (exact) mass is 399 g/mol. The number of aliphatic hydroxyl groups is 1. The maximum absolute atomic E-state index is 14.9. The Bertz CT molecular complexity index is 980. The van der Waals surface area contributed by atoms with E-state index < -0.39 is 30.9 Å². The fraction of sp³-hybridized carbons (Fsp3) is 0.556. The molecule has 1 aliphatic heterocycles. The van der Waals surface area contributed by atoms with Crippen LogP contribution in [0.25, 0.3) is 22.1 Å². The Morgan fingerprint density at radius 3 is 2.86 bits per heavy atom. The standard InChI is InChI=1S/C18H21F4N5O/c1-10(28)17-25-13-7-24-16-11(3-5-23-16)15(13)27(17)14-9-26(8-12(14)19)6-2-4-18(20,21)22/h3,5,7,10,12,14,28H,2,4,6,8-9H2,1H3,(H,23,24)/t10?,12-,14+/m0/s1. The molecule has 3 aromatic rings. The van der Waals surface area contributed by atoms with Crippen LogP contribution in [0, 0.1) is 0 Å². The average Bonchev–Trinajstić information content (AvgIpc) is 3.28. The molecule has 152 valence electrons. The van der Waals surface area contributed by atoms with E-state index in [0.29, 0.717) is 22.5 Å². The highest BCUT2D eigenvalue weighted by molar-refractivity contribution is 6.01. The van der Waals surface area contributed by atoms with Crippen LogP contribution in [-0.2, 0) is 0 Å². The number of imidazole rings is 1. The Hall–Kier alpha value is -2.20. The number of aromatic nitrogens is 4. The fourth-order valence-corrected chi connectivity index (χ4v) is 3.99. The molecule has 1 aliphatic rings. The molecule has 1 fully saturated rings. The summed E-state index contributed by atoms with van der Waals surface area (Å²) in [5.41, 5.74) is 1.85. The first-order chi connectivity index (χ1) is 13.2. The fourth-order valence-electron chi connectivity index (χ4n) is 3.99. The molecule has 6 nitrogen and oxygen atoms in total. The zero-order chi connectivity index (χ0) is 20.1. The number of likely N-dealkylation sites (tertiary alicyclic amines) is 1. The van der Waals surface area contributed by atoms with Crippen LogP contribution in [0.3, 0.4) is 0 Å². The number of halogens is 4. The van der Waals surface area contributed by atoms with Gasteiger partial charge >= 0.3 is 6.18 Å². The van der Waals surface area contributed by atoms with Gasteiger partial charge in [0.15, 0.2) is 0 Å². The molecule has 10 heteroatoms. The van der Waals surface area contributed by atoms with Gasteiger partial charge in [0.2, 0.25) is 0 Å². The molecular weight excluding hydrogens is 378 g/mol. The van der Waals surface area contributed by atoms with Gasteiger partial charge in [-0.25, -0.2) is 14.4 Å². The normalized spacial score (nSPS) is 22.5. The smallest absolute Gasteiger partial charge is 0.385 e. The molecule has 4 heterocycles. The molecule has 0 aliphatic carbocycles. The quantitative estimate of drug-likeness (QED) is 0.645. The second-order valence-corrected chi connectivity index (χ2v) is 7.31. The van der Waals surface area contributed by atoms with E-state index in [4.69, 9.17) is 0 Å². The summed E-state index contributed by atoms with van der Waals surface area (Å²) >= 11 is 0. The van der Waals surface area contributed by atoms with E-state index >= 15 is 0 Å². The Labute approximate surface area is 158 Å². The average molecular weight is 399 g/mol. The summed E-state index contributed by atoms with van der Waals surface area (Å²) in [5, 5.41) is 11.0. The van der Waals surface area contributed by atoms with Crippen LogP contribution < -0.4 is 0 Å². The van der Waals surface area contributed by atoms with Crippen LogP contribution >= 0.6 is 0 Å². The Morgan fingerprint density at radius 2 is 2.14 bits per heavy atom. The molecule has 1 unspecified atom stereocenters. The molecule has 28 heavy (non-hydrogen) atoms. The Balaban J connectivity index is 1.68. The number of nitrogens with zero attached hydrogens (tertiary/aromatic N) is 4. The van der Waals surface area contributed by atoms with E-state index in [9.17, 15) is 22.7 Å². The third kappa shape index (κ3) is 3.46. The lowest BCUT2D eigenvalue weighted by molar-refractivity contribution is -0.136. The van der Waals surface area contributed by atoms with Gasteiger partial charge in [-0.3, -0.25) is 4.90 Å². The highest BCUT2D eigenvalue weighted by Gasteiger charge is 2.37. The summed E-state index contributed by atoms with van der Waals surface area (Å²) in [6.45, 7) is 2.05. The van der Waals surface area contributed by atoms with Crippen molar-refractivity contribution in [2.45, 2.75) is 44.3 Å². The van der Waals surface area contributed by atoms with Crippen molar-refractivity contribution in [2.75, 3.05) is 19.6 Å². The molecule has 0 aromatic carbocycles. The van der Waals surface area contributed by atoms with Crippen LogP contribution in [0.2, 0.25) is 0 Å². The number of nitrogens with one attached hydrogen (secondary N) is 1. The molecule has 0 amide bonds. The number of fused-ring (bicyclic) bond motifs is 3. The lowest BCUT2D eigenvalue weighted by Gasteiger charge is -2.20. The molecule has 0 radical (unpaired) electrons. The maximum Gasteiger partial charge on any atom is 0.389 e. The summed E-state index contributed by atoms with van der Waals surface area (Å²) in [6.07, 6.45) is -4.06. The van der Waals surface area contributed by atoms with Gasteiger partial charge in [-0.05, 0) is 26.0 Å². The van der Waals surface area contributed by atoms with E-state index in [-0.39, 0.29) is 26.1 Å². The summed E-state index contributed by atoms with van der Waals surface area (Å²) in [7, 11) is 0. The maximum atomic E-state index is 14.9. The van der Waals surface area contributed by atoms with Crippen molar-refractivity contribution in [1.82, 2.24) is 24.4 Å². The predicted octanol–water partition coefficient (Wildman–Crippen LogP) is 3.50. The number of H-pyrrole nitrogens is 1. The Kier molecular flexibility index (Phi) is 4.78. The van der Waals surface area contributed by atoms with Crippen molar-refractivity contribution >= 4 is 22.1 Å². The highest BCUT2D eigenvalue weighted by atomic mass is 19.4. The summed E-state index contributed by atoms with van der Waals surface area (Å²) in [6, 6.07) is 1.18. The van der Waals surface area contributed by atoms with Crippen LogP contribution in [-0.4, -0.2) is 61.5 Å². The molecule has 4 rings (SSSR count). The SMILES string of the molecule is CC(O)c1nc2cnc3[nH]ccc3c2n1[C@@H]1CN(CCCC(F)(F)F)C[C@@H]1F. The second kappa shape index (κ2) is 7.00.